The lowest BCUT2D eigenvalue weighted by Gasteiger charge is -2.34. The van der Waals surface area contributed by atoms with Crippen LogP contribution in [0.4, 0.5) is 13.2 Å². The van der Waals surface area contributed by atoms with Crippen LogP contribution in [0.25, 0.3) is 0 Å². The number of piperidine rings is 1. The monoisotopic (exact) mass is 294 g/mol. The van der Waals surface area contributed by atoms with Gasteiger partial charge in [-0.1, -0.05) is 0 Å². The van der Waals surface area contributed by atoms with Crippen LogP contribution in [-0.2, 0) is 4.79 Å². The minimum absolute atomic E-state index is 0.0670. The van der Waals surface area contributed by atoms with Gasteiger partial charge in [-0.05, 0) is 44.7 Å². The Balaban J connectivity index is 1.75. The van der Waals surface area contributed by atoms with E-state index in [2.05, 4.69) is 0 Å². The van der Waals surface area contributed by atoms with Crippen LogP contribution in [0.5, 0.6) is 0 Å². The van der Waals surface area contributed by atoms with E-state index in [4.69, 9.17) is 0 Å². The number of carbonyl (C=O) groups is 1. The highest BCUT2D eigenvalue weighted by Gasteiger charge is 2.44. The molecule has 0 aromatic heterocycles. The fourth-order valence-electron chi connectivity index (χ4n) is 2.95. The molecule has 0 spiro atoms. The number of alkyl halides is 3. The van der Waals surface area contributed by atoms with Crippen molar-refractivity contribution in [1.82, 2.24) is 9.80 Å². The first-order valence-corrected chi connectivity index (χ1v) is 7.13. The average Bonchev–Trinajstić information content (AvgIpc) is 2.91. The third kappa shape index (κ3) is 3.85. The molecule has 0 saturated carbocycles. The summed E-state index contributed by atoms with van der Waals surface area (Å²) in [7, 11) is 0. The maximum atomic E-state index is 12.4. The van der Waals surface area contributed by atoms with Gasteiger partial charge in [-0.15, -0.1) is 0 Å². The highest BCUT2D eigenvalue weighted by atomic mass is 19.4. The number of hydrogen-bond acceptors (Lipinski definition) is 3. The Morgan fingerprint density at radius 3 is 2.20 bits per heavy atom. The molecular formula is C13H21F3N2O2. The fourth-order valence-corrected chi connectivity index (χ4v) is 2.95. The number of rotatable bonds is 3. The van der Waals surface area contributed by atoms with Gasteiger partial charge in [0, 0.05) is 13.1 Å². The lowest BCUT2D eigenvalue weighted by molar-refractivity contribution is -0.223. The second-order valence-electron chi connectivity index (χ2n) is 5.69. The van der Waals surface area contributed by atoms with E-state index in [1.807, 2.05) is 9.80 Å². The molecule has 0 radical (unpaired) electrons. The molecule has 1 N–H and O–H groups in total. The topological polar surface area (TPSA) is 43.8 Å². The minimum atomic E-state index is -4.54. The lowest BCUT2D eigenvalue weighted by Crippen LogP contribution is -2.46. The van der Waals surface area contributed by atoms with E-state index in [1.165, 1.54) is 0 Å². The van der Waals surface area contributed by atoms with Crippen molar-refractivity contribution in [1.29, 1.82) is 0 Å². The van der Waals surface area contributed by atoms with Crippen molar-refractivity contribution in [3.63, 3.8) is 0 Å². The second kappa shape index (κ2) is 6.30. The Hall–Kier alpha value is -0.820. The molecule has 20 heavy (non-hydrogen) atoms. The van der Waals surface area contributed by atoms with Gasteiger partial charge in [0.1, 0.15) is 0 Å². The molecule has 1 amide bonds. The van der Waals surface area contributed by atoms with Crippen molar-refractivity contribution < 1.29 is 23.1 Å². The predicted molar refractivity (Wildman–Crippen MR) is 67.0 cm³/mol. The number of carbonyl (C=O) groups excluding carboxylic acids is 1. The molecule has 1 atom stereocenters. The first-order chi connectivity index (χ1) is 9.38. The molecule has 2 heterocycles. The summed E-state index contributed by atoms with van der Waals surface area (Å²) in [5, 5.41) is 9.23. The van der Waals surface area contributed by atoms with Gasteiger partial charge in [0.05, 0.1) is 6.54 Å². The Kier molecular flexibility index (Phi) is 4.90. The molecule has 4 nitrogen and oxygen atoms in total. The largest absolute Gasteiger partial charge is 0.414 e. The van der Waals surface area contributed by atoms with Gasteiger partial charge in [-0.3, -0.25) is 9.69 Å². The lowest BCUT2D eigenvalue weighted by atomic mass is 9.91. The van der Waals surface area contributed by atoms with Crippen LogP contribution in [-0.4, -0.2) is 65.8 Å². The van der Waals surface area contributed by atoms with Crippen LogP contribution < -0.4 is 0 Å². The summed E-state index contributed by atoms with van der Waals surface area (Å²) in [6.45, 7) is 2.76. The summed E-state index contributed by atoms with van der Waals surface area (Å²) in [5.41, 5.74) is 0. The fraction of sp³-hybridized carbons (Fsp3) is 0.923. The molecule has 2 fully saturated rings. The molecule has 7 heteroatoms. The van der Waals surface area contributed by atoms with Crippen molar-refractivity contribution >= 4 is 5.91 Å². The molecule has 0 aromatic carbocycles. The van der Waals surface area contributed by atoms with Gasteiger partial charge < -0.3 is 10.0 Å². The van der Waals surface area contributed by atoms with Gasteiger partial charge in [0.15, 0.2) is 6.10 Å². The van der Waals surface area contributed by atoms with Gasteiger partial charge in [-0.25, -0.2) is 0 Å². The van der Waals surface area contributed by atoms with Gasteiger partial charge in [0.25, 0.3) is 0 Å². The zero-order chi connectivity index (χ0) is 14.8. The Bertz CT molecular complexity index is 335. The maximum Gasteiger partial charge on any atom is 0.414 e. The first kappa shape index (κ1) is 15.6. The van der Waals surface area contributed by atoms with E-state index in [0.29, 0.717) is 13.1 Å². The van der Waals surface area contributed by atoms with Crippen molar-refractivity contribution in [2.75, 3.05) is 32.7 Å². The van der Waals surface area contributed by atoms with E-state index < -0.39 is 18.2 Å². The van der Waals surface area contributed by atoms with Gasteiger partial charge in [0.2, 0.25) is 5.91 Å². The molecule has 1 unspecified atom stereocenters. The normalized spacial score (nSPS) is 24.1. The van der Waals surface area contributed by atoms with Crippen LogP contribution in [0.1, 0.15) is 25.7 Å². The molecule has 116 valence electrons. The van der Waals surface area contributed by atoms with E-state index in [-0.39, 0.29) is 25.3 Å². The number of nitrogens with zero attached hydrogens (tertiary/aromatic N) is 2. The molecule has 2 saturated heterocycles. The Labute approximate surface area is 116 Å². The van der Waals surface area contributed by atoms with Gasteiger partial charge in [-0.2, -0.15) is 13.2 Å². The molecule has 0 aliphatic carbocycles. The Morgan fingerprint density at radius 1 is 1.15 bits per heavy atom. The number of amides is 1. The van der Waals surface area contributed by atoms with Crippen LogP contribution >= 0.6 is 0 Å². The molecule has 0 aromatic rings. The summed E-state index contributed by atoms with van der Waals surface area (Å²) in [4.78, 5) is 15.6. The zero-order valence-electron chi connectivity index (χ0n) is 11.4. The maximum absolute atomic E-state index is 12.4. The van der Waals surface area contributed by atoms with Crippen LogP contribution in [0.15, 0.2) is 0 Å². The highest BCUT2D eigenvalue weighted by molar-refractivity contribution is 5.78. The first-order valence-electron chi connectivity index (χ1n) is 7.13. The van der Waals surface area contributed by atoms with E-state index >= 15 is 0 Å². The third-order valence-corrected chi connectivity index (χ3v) is 4.23. The third-order valence-electron chi connectivity index (χ3n) is 4.23. The summed E-state index contributed by atoms with van der Waals surface area (Å²) >= 11 is 0. The predicted octanol–water partition coefficient (Wildman–Crippen LogP) is 1.24. The second-order valence-corrected chi connectivity index (χ2v) is 5.69. The average molecular weight is 294 g/mol. The minimum Gasteiger partial charge on any atom is -0.383 e. The van der Waals surface area contributed by atoms with Gasteiger partial charge >= 0.3 is 6.18 Å². The van der Waals surface area contributed by atoms with E-state index in [0.717, 1.165) is 25.9 Å². The number of likely N-dealkylation sites (tertiary alicyclic amines) is 2. The zero-order valence-corrected chi connectivity index (χ0v) is 11.4. The summed E-state index contributed by atoms with van der Waals surface area (Å²) in [6.07, 6.45) is -4.14. The van der Waals surface area contributed by atoms with Crippen LogP contribution in [0.3, 0.4) is 0 Å². The van der Waals surface area contributed by atoms with Crippen molar-refractivity contribution in [3.8, 4) is 0 Å². The number of aliphatic hydroxyl groups excluding tert-OH is 1. The molecular weight excluding hydrogens is 273 g/mol. The van der Waals surface area contributed by atoms with Crippen molar-refractivity contribution in [3.05, 3.63) is 0 Å². The molecule has 2 rings (SSSR count). The summed E-state index contributed by atoms with van der Waals surface area (Å²) in [6, 6.07) is 0. The van der Waals surface area contributed by atoms with E-state index in [9.17, 15) is 23.1 Å². The SMILES string of the molecule is O=C(CN1CCC(C(O)C(F)(F)F)CC1)N1CCCC1. The van der Waals surface area contributed by atoms with Crippen molar-refractivity contribution in [2.45, 2.75) is 38.0 Å². The molecule has 0 bridgehead atoms. The summed E-state index contributed by atoms with van der Waals surface area (Å²) in [5.74, 6) is -0.676. The molecule has 2 aliphatic rings. The number of aliphatic hydroxyl groups is 1. The van der Waals surface area contributed by atoms with Crippen LogP contribution in [0, 0.1) is 5.92 Å². The number of hydrogen-bond donors (Lipinski definition) is 1. The Morgan fingerprint density at radius 2 is 1.70 bits per heavy atom. The highest BCUT2D eigenvalue weighted by Crippen LogP contribution is 2.31. The molecule has 2 aliphatic heterocycles. The number of halogens is 3. The van der Waals surface area contributed by atoms with Crippen LogP contribution in [0.2, 0.25) is 0 Å². The summed E-state index contributed by atoms with van der Waals surface area (Å²) < 4.78 is 37.3. The smallest absolute Gasteiger partial charge is 0.383 e. The standard InChI is InChI=1S/C13H21F3N2O2/c14-13(15,16)12(20)10-3-7-17(8-4-10)9-11(19)18-5-1-2-6-18/h10,12,20H,1-9H2. The van der Waals surface area contributed by atoms with Crippen molar-refractivity contribution in [2.24, 2.45) is 5.92 Å². The quantitative estimate of drug-likeness (QED) is 0.852. The van der Waals surface area contributed by atoms with E-state index in [1.54, 1.807) is 0 Å².